The van der Waals surface area contributed by atoms with E-state index in [2.05, 4.69) is 10.6 Å². The molecule has 0 saturated heterocycles. The van der Waals surface area contributed by atoms with Crippen molar-refractivity contribution in [3.05, 3.63) is 34.9 Å². The van der Waals surface area contributed by atoms with E-state index in [1.807, 2.05) is 0 Å². The normalized spacial score (nSPS) is 18.6. The van der Waals surface area contributed by atoms with Gasteiger partial charge in [0.15, 0.2) is 0 Å². The molecule has 1 unspecified atom stereocenters. The first-order chi connectivity index (χ1) is 9.47. The van der Waals surface area contributed by atoms with E-state index in [9.17, 15) is 9.90 Å². The molecule has 2 amide bonds. The summed E-state index contributed by atoms with van der Waals surface area (Å²) in [5.41, 5.74) is -0.455. The molecule has 1 saturated carbocycles. The highest BCUT2D eigenvalue weighted by molar-refractivity contribution is 6.30. The fourth-order valence-corrected chi connectivity index (χ4v) is 2.67. The maximum absolute atomic E-state index is 11.8. The van der Waals surface area contributed by atoms with Gasteiger partial charge in [-0.25, -0.2) is 4.79 Å². The molecule has 0 aromatic heterocycles. The summed E-state index contributed by atoms with van der Waals surface area (Å²) in [6.07, 6.45) is 4.42. The molecule has 1 aromatic rings. The topological polar surface area (TPSA) is 61.4 Å². The highest BCUT2D eigenvalue weighted by atomic mass is 35.5. The third-order valence-electron chi connectivity index (χ3n) is 3.73. The summed E-state index contributed by atoms with van der Waals surface area (Å²) in [7, 11) is 0. The first kappa shape index (κ1) is 15.1. The molecular weight excluding hydrogens is 276 g/mol. The molecule has 1 aliphatic carbocycles. The molecule has 1 aliphatic rings. The summed E-state index contributed by atoms with van der Waals surface area (Å²) in [6, 6.07) is 7.08. The standard InChI is InChI=1S/C15H21ClN2O2/c1-15(20,11-5-4-6-12(16)9-11)10-17-14(19)18-13-7-2-3-8-13/h4-6,9,13,20H,2-3,7-8,10H2,1H3,(H2,17,18,19). The average molecular weight is 297 g/mol. The first-order valence-electron chi connectivity index (χ1n) is 7.00. The van der Waals surface area contributed by atoms with Gasteiger partial charge in [-0.05, 0) is 37.5 Å². The van der Waals surface area contributed by atoms with Crippen molar-refractivity contribution in [3.63, 3.8) is 0 Å². The van der Waals surface area contributed by atoms with Crippen LogP contribution in [0.15, 0.2) is 24.3 Å². The maximum atomic E-state index is 11.8. The average Bonchev–Trinajstić information content (AvgIpc) is 2.89. The van der Waals surface area contributed by atoms with Crippen LogP contribution in [0.25, 0.3) is 0 Å². The summed E-state index contributed by atoms with van der Waals surface area (Å²) < 4.78 is 0. The smallest absolute Gasteiger partial charge is 0.315 e. The Kier molecular flexibility index (Phi) is 4.89. The molecule has 1 atom stereocenters. The van der Waals surface area contributed by atoms with E-state index in [0.29, 0.717) is 10.6 Å². The number of nitrogens with one attached hydrogen (secondary N) is 2. The van der Waals surface area contributed by atoms with E-state index >= 15 is 0 Å². The van der Waals surface area contributed by atoms with Crippen molar-refractivity contribution >= 4 is 17.6 Å². The van der Waals surface area contributed by atoms with Crippen LogP contribution < -0.4 is 10.6 Å². The molecule has 0 bridgehead atoms. The lowest BCUT2D eigenvalue weighted by Gasteiger charge is -2.25. The van der Waals surface area contributed by atoms with Gasteiger partial charge in [0, 0.05) is 11.1 Å². The lowest BCUT2D eigenvalue weighted by Crippen LogP contribution is -2.46. The van der Waals surface area contributed by atoms with Gasteiger partial charge in [0.1, 0.15) is 5.60 Å². The van der Waals surface area contributed by atoms with Crippen molar-refractivity contribution in [1.82, 2.24) is 10.6 Å². The van der Waals surface area contributed by atoms with Crippen LogP contribution in [0.3, 0.4) is 0 Å². The molecule has 0 radical (unpaired) electrons. The molecule has 1 aromatic carbocycles. The number of halogens is 1. The fourth-order valence-electron chi connectivity index (χ4n) is 2.48. The second-order valence-electron chi connectivity index (χ2n) is 5.59. The third kappa shape index (κ3) is 4.12. The lowest BCUT2D eigenvalue weighted by molar-refractivity contribution is 0.0593. The molecule has 4 nitrogen and oxygen atoms in total. The SMILES string of the molecule is CC(O)(CNC(=O)NC1CCCC1)c1cccc(Cl)c1. The van der Waals surface area contributed by atoms with Gasteiger partial charge in [0.05, 0.1) is 6.54 Å². The van der Waals surface area contributed by atoms with E-state index < -0.39 is 5.60 Å². The van der Waals surface area contributed by atoms with Crippen molar-refractivity contribution in [3.8, 4) is 0 Å². The number of rotatable bonds is 4. The number of carbonyl (C=O) groups excluding carboxylic acids is 1. The Balaban J connectivity index is 1.86. The molecule has 20 heavy (non-hydrogen) atoms. The van der Waals surface area contributed by atoms with E-state index in [-0.39, 0.29) is 18.6 Å². The largest absolute Gasteiger partial charge is 0.384 e. The monoisotopic (exact) mass is 296 g/mol. The summed E-state index contributed by atoms with van der Waals surface area (Å²) in [5, 5.41) is 16.6. The van der Waals surface area contributed by atoms with E-state index in [1.54, 1.807) is 31.2 Å². The minimum Gasteiger partial charge on any atom is -0.384 e. The van der Waals surface area contributed by atoms with Gasteiger partial charge in [-0.2, -0.15) is 0 Å². The molecule has 0 spiro atoms. The molecular formula is C15H21ClN2O2. The molecule has 3 N–H and O–H groups in total. The molecule has 2 rings (SSSR count). The molecule has 0 aliphatic heterocycles. The van der Waals surface area contributed by atoms with Crippen molar-refractivity contribution in [2.75, 3.05) is 6.54 Å². The number of amides is 2. The number of aliphatic hydroxyl groups is 1. The van der Waals surface area contributed by atoms with Gasteiger partial charge < -0.3 is 15.7 Å². The van der Waals surface area contributed by atoms with Crippen LogP contribution >= 0.6 is 11.6 Å². The van der Waals surface area contributed by atoms with Gasteiger partial charge in [0.2, 0.25) is 0 Å². The Morgan fingerprint density at radius 1 is 1.45 bits per heavy atom. The van der Waals surface area contributed by atoms with Crippen LogP contribution in [0.5, 0.6) is 0 Å². The summed E-state index contributed by atoms with van der Waals surface area (Å²) in [6.45, 7) is 1.81. The van der Waals surface area contributed by atoms with Gasteiger partial charge in [-0.1, -0.05) is 36.6 Å². The van der Waals surface area contributed by atoms with Crippen molar-refractivity contribution in [2.45, 2.75) is 44.2 Å². The van der Waals surface area contributed by atoms with Gasteiger partial charge in [-0.3, -0.25) is 0 Å². The summed E-state index contributed by atoms with van der Waals surface area (Å²) >= 11 is 5.92. The fraction of sp³-hybridized carbons (Fsp3) is 0.533. The number of hydrogen-bond acceptors (Lipinski definition) is 2. The van der Waals surface area contributed by atoms with Gasteiger partial charge in [0.25, 0.3) is 0 Å². The zero-order valence-electron chi connectivity index (χ0n) is 11.7. The van der Waals surface area contributed by atoms with Gasteiger partial charge >= 0.3 is 6.03 Å². The van der Waals surface area contributed by atoms with Gasteiger partial charge in [-0.15, -0.1) is 0 Å². The third-order valence-corrected chi connectivity index (χ3v) is 3.97. The zero-order chi connectivity index (χ0) is 14.6. The van der Waals surface area contributed by atoms with Crippen molar-refractivity contribution in [1.29, 1.82) is 0 Å². The molecule has 110 valence electrons. The Hall–Kier alpha value is -1.26. The molecule has 0 heterocycles. The quantitative estimate of drug-likeness (QED) is 0.800. The zero-order valence-corrected chi connectivity index (χ0v) is 12.4. The molecule has 1 fully saturated rings. The highest BCUT2D eigenvalue weighted by Gasteiger charge is 2.25. The van der Waals surface area contributed by atoms with E-state index in [1.165, 1.54) is 12.8 Å². The Morgan fingerprint density at radius 3 is 2.80 bits per heavy atom. The minimum atomic E-state index is -1.14. The van der Waals surface area contributed by atoms with Crippen LogP contribution in [0.1, 0.15) is 38.2 Å². The summed E-state index contributed by atoms with van der Waals surface area (Å²) in [5.74, 6) is 0. The minimum absolute atomic E-state index is 0.145. The number of benzene rings is 1. The summed E-state index contributed by atoms with van der Waals surface area (Å²) in [4.78, 5) is 11.8. The Labute approximate surface area is 124 Å². The van der Waals surface area contributed by atoms with Crippen molar-refractivity contribution in [2.24, 2.45) is 0 Å². The van der Waals surface area contributed by atoms with E-state index in [4.69, 9.17) is 11.6 Å². The van der Waals surface area contributed by atoms with E-state index in [0.717, 1.165) is 12.8 Å². The maximum Gasteiger partial charge on any atom is 0.315 e. The van der Waals surface area contributed by atoms with Crippen LogP contribution in [-0.4, -0.2) is 23.7 Å². The molecule has 5 heteroatoms. The highest BCUT2D eigenvalue weighted by Crippen LogP contribution is 2.23. The van der Waals surface area contributed by atoms with Crippen LogP contribution in [-0.2, 0) is 5.60 Å². The Bertz CT molecular complexity index is 471. The second kappa shape index (κ2) is 6.46. The number of urea groups is 1. The van der Waals surface area contributed by atoms with Crippen LogP contribution in [0, 0.1) is 0 Å². The van der Waals surface area contributed by atoms with Crippen LogP contribution in [0.2, 0.25) is 5.02 Å². The first-order valence-corrected chi connectivity index (χ1v) is 7.38. The Morgan fingerprint density at radius 2 is 2.15 bits per heavy atom. The van der Waals surface area contributed by atoms with Crippen molar-refractivity contribution < 1.29 is 9.90 Å². The number of hydrogen-bond donors (Lipinski definition) is 3. The second-order valence-corrected chi connectivity index (χ2v) is 6.03. The number of carbonyl (C=O) groups is 1. The van der Waals surface area contributed by atoms with Crippen LogP contribution in [0.4, 0.5) is 4.79 Å². The lowest BCUT2D eigenvalue weighted by atomic mass is 9.96. The predicted molar refractivity (Wildman–Crippen MR) is 79.8 cm³/mol. The predicted octanol–water partition coefficient (Wildman–Crippen LogP) is 2.79.